The SMILES string of the molecule is CC(CN)c1nn2cnnc2s1. The molecule has 2 rings (SSSR count). The molecule has 0 fully saturated rings. The molecule has 12 heavy (non-hydrogen) atoms. The molecule has 2 aromatic rings. The predicted octanol–water partition coefficient (Wildman–Crippen LogP) is 0.248. The minimum Gasteiger partial charge on any atom is -0.330 e. The van der Waals surface area contributed by atoms with Crippen LogP contribution in [0.3, 0.4) is 0 Å². The Balaban J connectivity index is 2.44. The van der Waals surface area contributed by atoms with E-state index in [1.54, 1.807) is 10.8 Å². The van der Waals surface area contributed by atoms with Crippen LogP contribution in [0.15, 0.2) is 6.33 Å². The number of nitrogens with zero attached hydrogens (tertiary/aromatic N) is 4. The molecule has 2 N–H and O–H groups in total. The number of hydrogen-bond donors (Lipinski definition) is 1. The normalized spacial score (nSPS) is 13.8. The number of hydrogen-bond acceptors (Lipinski definition) is 5. The second-order valence-corrected chi connectivity index (χ2v) is 3.62. The molecule has 0 saturated carbocycles. The van der Waals surface area contributed by atoms with Crippen molar-refractivity contribution in [1.29, 1.82) is 0 Å². The lowest BCUT2D eigenvalue weighted by atomic mass is 10.2. The average Bonchev–Trinajstić information content (AvgIpc) is 2.60. The molecular formula is C6H9N5S. The van der Waals surface area contributed by atoms with Crippen LogP contribution >= 0.6 is 11.3 Å². The van der Waals surface area contributed by atoms with Crippen LogP contribution in [0.5, 0.6) is 0 Å². The molecule has 0 aliphatic heterocycles. The second kappa shape index (κ2) is 2.80. The predicted molar refractivity (Wildman–Crippen MR) is 46.1 cm³/mol. The van der Waals surface area contributed by atoms with E-state index in [0.717, 1.165) is 9.97 Å². The zero-order chi connectivity index (χ0) is 8.55. The van der Waals surface area contributed by atoms with Gasteiger partial charge in [-0.3, -0.25) is 0 Å². The maximum atomic E-state index is 5.52. The number of aromatic nitrogens is 4. The lowest BCUT2D eigenvalue weighted by molar-refractivity contribution is 0.738. The van der Waals surface area contributed by atoms with E-state index in [9.17, 15) is 0 Å². The Morgan fingerprint density at radius 2 is 2.58 bits per heavy atom. The molecule has 1 unspecified atom stereocenters. The van der Waals surface area contributed by atoms with Crippen molar-refractivity contribution < 1.29 is 0 Å². The van der Waals surface area contributed by atoms with E-state index in [2.05, 4.69) is 15.3 Å². The third-order valence-electron chi connectivity index (χ3n) is 1.68. The summed E-state index contributed by atoms with van der Waals surface area (Å²) in [6.07, 6.45) is 1.60. The van der Waals surface area contributed by atoms with Crippen molar-refractivity contribution in [1.82, 2.24) is 19.8 Å². The highest BCUT2D eigenvalue weighted by atomic mass is 32.1. The summed E-state index contributed by atoms with van der Waals surface area (Å²) >= 11 is 1.53. The summed E-state index contributed by atoms with van der Waals surface area (Å²) in [4.78, 5) is 0.824. The average molecular weight is 183 g/mol. The van der Waals surface area contributed by atoms with Gasteiger partial charge in [-0.15, -0.1) is 10.2 Å². The maximum absolute atomic E-state index is 5.52. The maximum Gasteiger partial charge on any atom is 0.234 e. The van der Waals surface area contributed by atoms with Crippen LogP contribution in [0.4, 0.5) is 0 Å². The largest absolute Gasteiger partial charge is 0.330 e. The van der Waals surface area contributed by atoms with Crippen LogP contribution in [-0.4, -0.2) is 26.4 Å². The van der Waals surface area contributed by atoms with Crippen molar-refractivity contribution in [2.24, 2.45) is 5.73 Å². The van der Waals surface area contributed by atoms with Gasteiger partial charge in [0.25, 0.3) is 0 Å². The summed E-state index contributed by atoms with van der Waals surface area (Å²) in [6.45, 7) is 2.66. The van der Waals surface area contributed by atoms with Crippen molar-refractivity contribution in [2.75, 3.05) is 6.54 Å². The topological polar surface area (TPSA) is 69.1 Å². The van der Waals surface area contributed by atoms with Gasteiger partial charge in [-0.1, -0.05) is 18.3 Å². The molecule has 0 saturated heterocycles. The molecule has 1 atom stereocenters. The van der Waals surface area contributed by atoms with Gasteiger partial charge in [-0.05, 0) is 0 Å². The van der Waals surface area contributed by atoms with Gasteiger partial charge in [0, 0.05) is 12.5 Å². The van der Waals surface area contributed by atoms with Crippen LogP contribution in [-0.2, 0) is 0 Å². The third kappa shape index (κ3) is 1.09. The van der Waals surface area contributed by atoms with E-state index >= 15 is 0 Å². The van der Waals surface area contributed by atoms with Gasteiger partial charge in [-0.2, -0.15) is 9.61 Å². The third-order valence-corrected chi connectivity index (χ3v) is 2.82. The quantitative estimate of drug-likeness (QED) is 0.724. The van der Waals surface area contributed by atoms with Crippen molar-refractivity contribution >= 4 is 16.3 Å². The van der Waals surface area contributed by atoms with Crippen molar-refractivity contribution in [3.05, 3.63) is 11.3 Å². The molecular weight excluding hydrogens is 174 g/mol. The van der Waals surface area contributed by atoms with Crippen molar-refractivity contribution in [2.45, 2.75) is 12.8 Å². The Bertz CT molecular complexity index is 349. The van der Waals surface area contributed by atoms with E-state index in [1.165, 1.54) is 11.3 Å². The highest BCUT2D eigenvalue weighted by Crippen LogP contribution is 2.19. The van der Waals surface area contributed by atoms with Crippen molar-refractivity contribution in [3.63, 3.8) is 0 Å². The molecule has 2 heterocycles. The van der Waals surface area contributed by atoms with Gasteiger partial charge in [0.15, 0.2) is 0 Å². The zero-order valence-corrected chi connectivity index (χ0v) is 7.45. The molecule has 0 aliphatic rings. The Morgan fingerprint density at radius 3 is 3.25 bits per heavy atom. The van der Waals surface area contributed by atoms with Gasteiger partial charge < -0.3 is 5.73 Å². The summed E-state index contributed by atoms with van der Waals surface area (Å²) in [6, 6.07) is 0. The van der Waals surface area contributed by atoms with E-state index < -0.39 is 0 Å². The minimum atomic E-state index is 0.302. The van der Waals surface area contributed by atoms with Gasteiger partial charge in [0.2, 0.25) is 4.96 Å². The highest BCUT2D eigenvalue weighted by molar-refractivity contribution is 7.16. The first-order valence-corrected chi connectivity index (χ1v) is 4.49. The number of nitrogens with two attached hydrogens (primary N) is 1. The van der Waals surface area contributed by atoms with Crippen LogP contribution < -0.4 is 5.73 Å². The molecule has 6 heteroatoms. The highest BCUT2D eigenvalue weighted by Gasteiger charge is 2.10. The van der Waals surface area contributed by atoms with Gasteiger partial charge >= 0.3 is 0 Å². The fourth-order valence-electron chi connectivity index (χ4n) is 0.875. The number of fused-ring (bicyclic) bond motifs is 1. The first kappa shape index (κ1) is 7.63. The van der Waals surface area contributed by atoms with E-state index in [0.29, 0.717) is 12.5 Å². The summed E-state index contributed by atoms with van der Waals surface area (Å²) in [5.41, 5.74) is 5.52. The van der Waals surface area contributed by atoms with Crippen LogP contribution in [0, 0.1) is 0 Å². The lowest BCUT2D eigenvalue weighted by Crippen LogP contribution is -2.08. The Labute approximate surface area is 73.2 Å². The fraction of sp³-hybridized carbons (Fsp3) is 0.500. The lowest BCUT2D eigenvalue weighted by Gasteiger charge is -1.99. The minimum absolute atomic E-state index is 0.302. The molecule has 64 valence electrons. The molecule has 0 amide bonds. The molecule has 0 spiro atoms. The first-order valence-electron chi connectivity index (χ1n) is 3.68. The Morgan fingerprint density at radius 1 is 1.75 bits per heavy atom. The second-order valence-electron chi connectivity index (χ2n) is 2.64. The first-order chi connectivity index (χ1) is 5.81. The fourth-order valence-corrected chi connectivity index (χ4v) is 1.76. The van der Waals surface area contributed by atoms with Crippen LogP contribution in [0.1, 0.15) is 17.8 Å². The molecule has 0 aliphatic carbocycles. The van der Waals surface area contributed by atoms with Gasteiger partial charge in [0.05, 0.1) is 0 Å². The van der Waals surface area contributed by atoms with Gasteiger partial charge in [-0.25, -0.2) is 0 Å². The smallest absolute Gasteiger partial charge is 0.234 e. The molecule has 5 nitrogen and oxygen atoms in total. The molecule has 0 radical (unpaired) electrons. The molecule has 2 aromatic heterocycles. The number of rotatable bonds is 2. The summed E-state index contributed by atoms with van der Waals surface area (Å²) < 4.78 is 1.67. The molecule has 0 bridgehead atoms. The summed E-state index contributed by atoms with van der Waals surface area (Å²) in [5, 5.41) is 12.9. The van der Waals surface area contributed by atoms with Crippen LogP contribution in [0.2, 0.25) is 0 Å². The van der Waals surface area contributed by atoms with E-state index in [-0.39, 0.29) is 0 Å². The summed E-state index contributed by atoms with van der Waals surface area (Å²) in [5.74, 6) is 0.302. The summed E-state index contributed by atoms with van der Waals surface area (Å²) in [7, 11) is 0. The van der Waals surface area contributed by atoms with Crippen molar-refractivity contribution in [3.8, 4) is 0 Å². The van der Waals surface area contributed by atoms with E-state index in [4.69, 9.17) is 5.73 Å². The van der Waals surface area contributed by atoms with Gasteiger partial charge in [0.1, 0.15) is 11.3 Å². The zero-order valence-electron chi connectivity index (χ0n) is 6.64. The Kier molecular flexibility index (Phi) is 1.78. The van der Waals surface area contributed by atoms with Crippen LogP contribution in [0.25, 0.3) is 4.96 Å². The molecule has 0 aromatic carbocycles. The standard InChI is InChI=1S/C6H9N5S/c1-4(2-7)5-10-11-3-8-9-6(11)12-5/h3-4H,2,7H2,1H3. The Hall–Kier alpha value is -1.01. The monoisotopic (exact) mass is 183 g/mol. The van der Waals surface area contributed by atoms with E-state index in [1.807, 2.05) is 6.92 Å².